The first-order chi connectivity index (χ1) is 19.6. The number of carbonyl (C=O) groups is 1. The van der Waals surface area contributed by atoms with E-state index in [1.807, 2.05) is 84.4 Å². The van der Waals surface area contributed by atoms with Gasteiger partial charge in [-0.3, -0.25) is 14.9 Å². The molecule has 5 aromatic heterocycles. The van der Waals surface area contributed by atoms with E-state index in [9.17, 15) is 4.79 Å². The van der Waals surface area contributed by atoms with Gasteiger partial charge in [0.1, 0.15) is 11.0 Å². The number of aromatic amines is 2. The largest absolute Gasteiger partial charge is 0.336 e. The number of nitrogens with zero attached hydrogens (tertiary/aromatic N) is 6. The lowest BCUT2D eigenvalue weighted by Gasteiger charge is -2.07. The Morgan fingerprint density at radius 1 is 0.950 bits per heavy atom. The molecule has 0 spiro atoms. The molecule has 7 rings (SSSR count). The molecule has 0 atom stereocenters. The molecular weight excluding hydrogens is 502 g/mol. The molecule has 40 heavy (non-hydrogen) atoms. The second-order valence-electron chi connectivity index (χ2n) is 9.52. The number of carbonyl (C=O) groups excluding carboxylic acids is 1. The zero-order valence-electron chi connectivity index (χ0n) is 21.5. The summed E-state index contributed by atoms with van der Waals surface area (Å²) in [6, 6.07) is 21.3. The summed E-state index contributed by atoms with van der Waals surface area (Å²) in [5.74, 6) is 0.496. The molecule has 7 aromatic rings. The molecule has 0 unspecified atom stereocenters. The van der Waals surface area contributed by atoms with E-state index < -0.39 is 0 Å². The molecule has 194 valence electrons. The van der Waals surface area contributed by atoms with Crippen LogP contribution in [0.2, 0.25) is 0 Å². The number of imidazole rings is 2. The fourth-order valence-corrected chi connectivity index (χ4v) is 4.75. The molecule has 10 heteroatoms. The molecule has 0 aliphatic rings. The second kappa shape index (κ2) is 9.59. The smallest absolute Gasteiger partial charge is 0.228 e. The van der Waals surface area contributed by atoms with Crippen molar-refractivity contribution in [1.82, 2.24) is 39.7 Å². The van der Waals surface area contributed by atoms with E-state index in [1.165, 1.54) is 0 Å². The Morgan fingerprint density at radius 2 is 1.85 bits per heavy atom. The van der Waals surface area contributed by atoms with Crippen LogP contribution in [0.1, 0.15) is 11.3 Å². The van der Waals surface area contributed by atoms with Crippen LogP contribution in [0, 0.1) is 6.92 Å². The van der Waals surface area contributed by atoms with Crippen molar-refractivity contribution in [1.29, 1.82) is 0 Å². The molecule has 1 amide bonds. The molecule has 2 aromatic carbocycles. The Kier molecular flexibility index (Phi) is 5.63. The van der Waals surface area contributed by atoms with Crippen molar-refractivity contribution in [3.8, 4) is 28.5 Å². The molecular formula is C30H23N9O. The van der Waals surface area contributed by atoms with Gasteiger partial charge in [0.15, 0.2) is 11.5 Å². The summed E-state index contributed by atoms with van der Waals surface area (Å²) < 4.78 is 1.96. The molecule has 0 aliphatic carbocycles. The zero-order chi connectivity index (χ0) is 27.1. The Morgan fingerprint density at radius 3 is 2.70 bits per heavy atom. The van der Waals surface area contributed by atoms with E-state index in [-0.39, 0.29) is 12.3 Å². The van der Waals surface area contributed by atoms with Gasteiger partial charge in [0.2, 0.25) is 5.91 Å². The SMILES string of the molecule is Cc1cn(-c2cccc3[nH]c(-c4n[nH]c5ccc(-c6cncc(NC(=O)Cc7ccccc7)c6)nc45)nc23)cn1. The van der Waals surface area contributed by atoms with Gasteiger partial charge in [0.25, 0.3) is 0 Å². The molecule has 3 N–H and O–H groups in total. The van der Waals surface area contributed by atoms with Gasteiger partial charge in [0, 0.05) is 18.0 Å². The van der Waals surface area contributed by atoms with Crippen molar-refractivity contribution in [3.05, 3.63) is 103 Å². The fourth-order valence-electron chi connectivity index (χ4n) is 4.75. The minimum atomic E-state index is -0.110. The monoisotopic (exact) mass is 525 g/mol. The van der Waals surface area contributed by atoms with E-state index >= 15 is 0 Å². The number of fused-ring (bicyclic) bond motifs is 2. The van der Waals surface area contributed by atoms with E-state index in [0.29, 0.717) is 28.4 Å². The van der Waals surface area contributed by atoms with E-state index in [0.717, 1.165) is 39.1 Å². The fraction of sp³-hybridized carbons (Fsp3) is 0.0667. The second-order valence-corrected chi connectivity index (χ2v) is 9.52. The van der Waals surface area contributed by atoms with Crippen LogP contribution in [0.15, 0.2) is 91.6 Å². The molecule has 0 fully saturated rings. The third-order valence-corrected chi connectivity index (χ3v) is 6.64. The van der Waals surface area contributed by atoms with Crippen LogP contribution in [-0.2, 0) is 11.2 Å². The molecule has 0 radical (unpaired) electrons. The van der Waals surface area contributed by atoms with Crippen molar-refractivity contribution < 1.29 is 4.79 Å². The number of benzene rings is 2. The van der Waals surface area contributed by atoms with Crippen LogP contribution >= 0.6 is 0 Å². The van der Waals surface area contributed by atoms with Gasteiger partial charge >= 0.3 is 0 Å². The first-order valence-electron chi connectivity index (χ1n) is 12.7. The lowest BCUT2D eigenvalue weighted by Crippen LogP contribution is -2.14. The summed E-state index contributed by atoms with van der Waals surface area (Å²) in [5, 5.41) is 10.5. The highest BCUT2D eigenvalue weighted by atomic mass is 16.1. The van der Waals surface area contributed by atoms with Gasteiger partial charge < -0.3 is 14.9 Å². The average molecular weight is 526 g/mol. The molecule has 5 heterocycles. The minimum Gasteiger partial charge on any atom is -0.336 e. The first-order valence-corrected chi connectivity index (χ1v) is 12.7. The number of hydrogen-bond acceptors (Lipinski definition) is 6. The quantitative estimate of drug-likeness (QED) is 0.272. The number of H-pyrrole nitrogens is 2. The predicted molar refractivity (Wildman–Crippen MR) is 153 cm³/mol. The highest BCUT2D eigenvalue weighted by Crippen LogP contribution is 2.30. The third kappa shape index (κ3) is 4.37. The number of rotatable bonds is 6. The number of para-hydroxylation sites is 1. The molecule has 0 aliphatic heterocycles. The minimum absolute atomic E-state index is 0.110. The van der Waals surface area contributed by atoms with Crippen LogP contribution in [0.25, 0.3) is 50.5 Å². The van der Waals surface area contributed by atoms with Crippen LogP contribution < -0.4 is 5.32 Å². The lowest BCUT2D eigenvalue weighted by atomic mass is 10.1. The summed E-state index contributed by atoms with van der Waals surface area (Å²) in [4.78, 5) is 34.4. The Bertz CT molecular complexity index is 2000. The van der Waals surface area contributed by atoms with Gasteiger partial charge in [-0.2, -0.15) is 5.10 Å². The summed E-state index contributed by atoms with van der Waals surface area (Å²) in [5.41, 5.74) is 8.64. The standard InChI is InChI=1S/C30H23N9O/c1-18-16-39(17-32-18)25-9-5-8-23-27(25)36-30(35-23)29-28-24(37-38-29)11-10-22(34-28)20-13-21(15-31-14-20)33-26(40)12-19-6-3-2-4-7-19/h2-11,13-17H,12H2,1H3,(H,33,40)(H,35,36)(H,37,38). The highest BCUT2D eigenvalue weighted by molar-refractivity contribution is 5.94. The van der Waals surface area contributed by atoms with E-state index in [4.69, 9.17) is 9.97 Å². The van der Waals surface area contributed by atoms with Crippen LogP contribution in [0.5, 0.6) is 0 Å². The van der Waals surface area contributed by atoms with E-state index in [2.05, 4.69) is 30.5 Å². The maximum Gasteiger partial charge on any atom is 0.228 e. The van der Waals surface area contributed by atoms with Crippen molar-refractivity contribution in [2.24, 2.45) is 0 Å². The van der Waals surface area contributed by atoms with Crippen molar-refractivity contribution in [2.75, 3.05) is 5.32 Å². The van der Waals surface area contributed by atoms with Crippen molar-refractivity contribution in [3.63, 3.8) is 0 Å². The van der Waals surface area contributed by atoms with Gasteiger partial charge in [-0.05, 0) is 42.8 Å². The van der Waals surface area contributed by atoms with Crippen molar-refractivity contribution >= 4 is 33.7 Å². The number of aryl methyl sites for hydroxylation is 1. The van der Waals surface area contributed by atoms with Crippen LogP contribution in [-0.4, -0.2) is 45.6 Å². The first kappa shape index (κ1) is 23.5. The van der Waals surface area contributed by atoms with Gasteiger partial charge in [-0.25, -0.2) is 15.0 Å². The molecule has 10 nitrogen and oxygen atoms in total. The Hall–Kier alpha value is -5.64. The number of aromatic nitrogens is 8. The summed E-state index contributed by atoms with van der Waals surface area (Å²) in [6.07, 6.45) is 7.38. The number of hydrogen-bond donors (Lipinski definition) is 3. The topological polar surface area (TPSA) is 130 Å². The summed E-state index contributed by atoms with van der Waals surface area (Å²) in [6.45, 7) is 1.95. The third-order valence-electron chi connectivity index (χ3n) is 6.64. The molecule has 0 bridgehead atoms. The summed E-state index contributed by atoms with van der Waals surface area (Å²) >= 11 is 0. The molecule has 0 saturated heterocycles. The Labute approximate surface area is 228 Å². The average Bonchev–Trinajstić information content (AvgIpc) is 3.71. The predicted octanol–water partition coefficient (Wildman–Crippen LogP) is 5.24. The van der Waals surface area contributed by atoms with Gasteiger partial charge in [-0.1, -0.05) is 36.4 Å². The maximum atomic E-state index is 12.6. The number of amides is 1. The zero-order valence-corrected chi connectivity index (χ0v) is 21.5. The number of anilines is 1. The van der Waals surface area contributed by atoms with Crippen LogP contribution in [0.4, 0.5) is 5.69 Å². The normalized spacial score (nSPS) is 11.3. The van der Waals surface area contributed by atoms with Gasteiger partial charge in [-0.15, -0.1) is 0 Å². The van der Waals surface area contributed by atoms with Gasteiger partial charge in [0.05, 0.1) is 52.7 Å². The van der Waals surface area contributed by atoms with Crippen molar-refractivity contribution in [2.45, 2.75) is 13.3 Å². The number of pyridine rings is 2. The lowest BCUT2D eigenvalue weighted by molar-refractivity contribution is -0.115. The molecule has 0 saturated carbocycles. The van der Waals surface area contributed by atoms with E-state index in [1.54, 1.807) is 18.7 Å². The maximum absolute atomic E-state index is 12.6. The highest BCUT2D eigenvalue weighted by Gasteiger charge is 2.17. The summed E-state index contributed by atoms with van der Waals surface area (Å²) in [7, 11) is 0. The number of nitrogens with one attached hydrogen (secondary N) is 3. The van der Waals surface area contributed by atoms with Crippen LogP contribution in [0.3, 0.4) is 0 Å². The Balaban J connectivity index is 1.21.